The van der Waals surface area contributed by atoms with Gasteiger partial charge in [0, 0.05) is 12.2 Å². The van der Waals surface area contributed by atoms with E-state index in [0.29, 0.717) is 0 Å². The SMILES string of the molecule is C=CC(F)(F)F.C=CC(F)(F)F. The van der Waals surface area contributed by atoms with Gasteiger partial charge in [-0.2, -0.15) is 26.3 Å². The van der Waals surface area contributed by atoms with Gasteiger partial charge in [0.2, 0.25) is 0 Å². The van der Waals surface area contributed by atoms with Crippen molar-refractivity contribution in [3.63, 3.8) is 0 Å². The molecule has 0 aromatic carbocycles. The number of halogens is 6. The smallest absolute Gasteiger partial charge is 0.167 e. The van der Waals surface area contributed by atoms with E-state index in [0.717, 1.165) is 0 Å². The van der Waals surface area contributed by atoms with E-state index in [1.807, 2.05) is 0 Å². The first-order valence-corrected chi connectivity index (χ1v) is 2.53. The van der Waals surface area contributed by atoms with Crippen LogP contribution in [0.25, 0.3) is 0 Å². The Hall–Kier alpha value is -0.940. The maximum Gasteiger partial charge on any atom is 0.409 e. The Balaban J connectivity index is 0. The predicted molar refractivity (Wildman–Crippen MR) is 32.5 cm³/mol. The van der Waals surface area contributed by atoms with Crippen LogP contribution in [0.3, 0.4) is 0 Å². The minimum absolute atomic E-state index is 0.0625. The summed E-state index contributed by atoms with van der Waals surface area (Å²) >= 11 is 0. The summed E-state index contributed by atoms with van der Waals surface area (Å²) in [5.41, 5.74) is 0. The Morgan fingerprint density at radius 2 is 0.750 bits per heavy atom. The van der Waals surface area contributed by atoms with Crippen molar-refractivity contribution in [3.05, 3.63) is 25.3 Å². The minimum Gasteiger partial charge on any atom is -0.167 e. The lowest BCUT2D eigenvalue weighted by Gasteiger charge is -1.91. The molecule has 0 atom stereocenters. The summed E-state index contributed by atoms with van der Waals surface area (Å²) in [5.74, 6) is 0. The molecule has 12 heavy (non-hydrogen) atoms. The molecule has 0 amide bonds. The molecular weight excluding hydrogens is 186 g/mol. The van der Waals surface area contributed by atoms with Gasteiger partial charge in [-0.15, -0.1) is 0 Å². The Kier molecular flexibility index (Phi) is 5.50. The summed E-state index contributed by atoms with van der Waals surface area (Å²) in [6.07, 6.45) is -8.51. The Labute approximate surface area is 65.2 Å². The van der Waals surface area contributed by atoms with Crippen molar-refractivity contribution < 1.29 is 26.3 Å². The van der Waals surface area contributed by atoms with Crippen molar-refractivity contribution in [1.82, 2.24) is 0 Å². The van der Waals surface area contributed by atoms with Crippen molar-refractivity contribution in [2.24, 2.45) is 0 Å². The van der Waals surface area contributed by atoms with Crippen LogP contribution in [0, 0.1) is 0 Å². The highest BCUT2D eigenvalue weighted by Gasteiger charge is 2.20. The zero-order chi connectivity index (χ0) is 10.4. The zero-order valence-electron chi connectivity index (χ0n) is 5.84. The maximum absolute atomic E-state index is 10.7. The molecule has 0 spiro atoms. The van der Waals surface area contributed by atoms with Crippen LogP contribution in [0.2, 0.25) is 0 Å². The van der Waals surface area contributed by atoms with Crippen molar-refractivity contribution in [2.75, 3.05) is 0 Å². The van der Waals surface area contributed by atoms with Gasteiger partial charge in [-0.05, 0) is 0 Å². The van der Waals surface area contributed by atoms with Crippen LogP contribution in [-0.2, 0) is 0 Å². The molecule has 0 fully saturated rings. The largest absolute Gasteiger partial charge is 0.409 e. The van der Waals surface area contributed by atoms with Crippen LogP contribution in [0.4, 0.5) is 26.3 Å². The molecule has 0 aromatic rings. The summed E-state index contributed by atoms with van der Waals surface area (Å²) in [6, 6.07) is 0. The van der Waals surface area contributed by atoms with Crippen LogP contribution in [0.1, 0.15) is 0 Å². The molecule has 6 heteroatoms. The van der Waals surface area contributed by atoms with Crippen LogP contribution in [-0.4, -0.2) is 12.4 Å². The van der Waals surface area contributed by atoms with Gasteiger partial charge < -0.3 is 0 Å². The van der Waals surface area contributed by atoms with Gasteiger partial charge in [0.25, 0.3) is 0 Å². The molecule has 0 aromatic heterocycles. The molecule has 0 aliphatic heterocycles. The number of rotatable bonds is 0. The molecule has 0 aliphatic carbocycles. The van der Waals surface area contributed by atoms with Crippen LogP contribution >= 0.6 is 0 Å². The Morgan fingerprint density at radius 1 is 0.667 bits per heavy atom. The molecule has 0 unspecified atom stereocenters. The van der Waals surface area contributed by atoms with Crippen molar-refractivity contribution in [2.45, 2.75) is 12.4 Å². The van der Waals surface area contributed by atoms with Gasteiger partial charge in [-0.1, -0.05) is 13.2 Å². The highest BCUT2D eigenvalue weighted by molar-refractivity contribution is 4.76. The normalized spacial score (nSPS) is 11.2. The summed E-state index contributed by atoms with van der Waals surface area (Å²) in [6.45, 7) is 5.01. The summed E-state index contributed by atoms with van der Waals surface area (Å²) in [5, 5.41) is 0. The van der Waals surface area contributed by atoms with E-state index in [-0.39, 0.29) is 12.2 Å². The molecule has 0 radical (unpaired) electrons. The summed E-state index contributed by atoms with van der Waals surface area (Å²) < 4.78 is 64.0. The third-order valence-corrected chi connectivity index (χ3v) is 0.463. The molecule has 0 aliphatic rings. The van der Waals surface area contributed by atoms with E-state index in [2.05, 4.69) is 13.2 Å². The highest BCUT2D eigenvalue weighted by atomic mass is 19.4. The fourth-order valence-electron chi connectivity index (χ4n) is 0. The number of hydrogen-bond donors (Lipinski definition) is 0. The van der Waals surface area contributed by atoms with E-state index >= 15 is 0 Å². The molecule has 0 saturated heterocycles. The van der Waals surface area contributed by atoms with E-state index in [1.54, 1.807) is 0 Å². The maximum atomic E-state index is 10.7. The van der Waals surface area contributed by atoms with Gasteiger partial charge in [0.15, 0.2) is 0 Å². The minimum atomic E-state index is -4.19. The Bertz CT molecular complexity index is 121. The number of hydrogen-bond acceptors (Lipinski definition) is 0. The van der Waals surface area contributed by atoms with Crippen LogP contribution in [0.5, 0.6) is 0 Å². The molecule has 0 rings (SSSR count). The summed E-state index contributed by atoms with van der Waals surface area (Å²) in [7, 11) is 0. The van der Waals surface area contributed by atoms with Gasteiger partial charge in [0.1, 0.15) is 0 Å². The number of alkyl halides is 6. The van der Waals surface area contributed by atoms with Crippen molar-refractivity contribution >= 4 is 0 Å². The second kappa shape index (κ2) is 4.84. The van der Waals surface area contributed by atoms with E-state index in [4.69, 9.17) is 0 Å². The quantitative estimate of drug-likeness (QED) is 0.407. The first-order chi connectivity index (χ1) is 5.12. The van der Waals surface area contributed by atoms with Gasteiger partial charge in [0.05, 0.1) is 0 Å². The van der Waals surface area contributed by atoms with E-state index in [1.165, 1.54) is 0 Å². The molecular formula is C6H6F6. The summed E-state index contributed by atoms with van der Waals surface area (Å²) in [4.78, 5) is 0. The second-order valence-corrected chi connectivity index (χ2v) is 1.49. The Morgan fingerprint density at radius 3 is 0.750 bits per heavy atom. The lowest BCUT2D eigenvalue weighted by atomic mass is 10.6. The van der Waals surface area contributed by atoms with Crippen LogP contribution in [0.15, 0.2) is 25.3 Å². The molecule has 0 nitrogen and oxygen atoms in total. The molecule has 0 N–H and O–H groups in total. The van der Waals surface area contributed by atoms with Crippen molar-refractivity contribution in [3.8, 4) is 0 Å². The zero-order valence-corrected chi connectivity index (χ0v) is 5.84. The highest BCUT2D eigenvalue weighted by Crippen LogP contribution is 2.14. The van der Waals surface area contributed by atoms with E-state index < -0.39 is 12.4 Å². The fourth-order valence-corrected chi connectivity index (χ4v) is 0. The fraction of sp³-hybridized carbons (Fsp3) is 0.333. The van der Waals surface area contributed by atoms with E-state index in [9.17, 15) is 26.3 Å². The topological polar surface area (TPSA) is 0 Å². The van der Waals surface area contributed by atoms with Gasteiger partial charge >= 0.3 is 12.4 Å². The van der Waals surface area contributed by atoms with Crippen molar-refractivity contribution in [1.29, 1.82) is 0 Å². The molecule has 0 heterocycles. The lowest BCUT2D eigenvalue weighted by molar-refractivity contribution is -0.0804. The molecule has 0 saturated carbocycles. The average Bonchev–Trinajstić information content (AvgIpc) is 1.86. The predicted octanol–water partition coefficient (Wildman–Crippen LogP) is 3.47. The average molecular weight is 192 g/mol. The standard InChI is InChI=1S/2C3H3F3/c2*1-2-3(4,5)6/h2*2H,1H2. The lowest BCUT2D eigenvalue weighted by Crippen LogP contribution is -1.98. The first-order valence-electron chi connectivity index (χ1n) is 2.53. The third-order valence-electron chi connectivity index (χ3n) is 0.463. The molecule has 72 valence electrons. The second-order valence-electron chi connectivity index (χ2n) is 1.49. The molecule has 0 bridgehead atoms. The third kappa shape index (κ3) is 23.0. The number of allylic oxidation sites excluding steroid dienone is 2. The monoisotopic (exact) mass is 192 g/mol. The van der Waals surface area contributed by atoms with Gasteiger partial charge in [-0.25, -0.2) is 0 Å². The van der Waals surface area contributed by atoms with Crippen LogP contribution < -0.4 is 0 Å². The van der Waals surface area contributed by atoms with Gasteiger partial charge in [-0.3, -0.25) is 0 Å². The first kappa shape index (κ1) is 13.6.